The van der Waals surface area contributed by atoms with Crippen LogP contribution >= 0.6 is 0 Å². The molecule has 273 valence electrons. The third-order valence-corrected chi connectivity index (χ3v) is 12.3. The Balaban J connectivity index is 0.00000194. The van der Waals surface area contributed by atoms with Crippen molar-refractivity contribution in [2.24, 2.45) is 9.98 Å². The van der Waals surface area contributed by atoms with Gasteiger partial charge in [0.15, 0.2) is 0 Å². The van der Waals surface area contributed by atoms with E-state index >= 15 is 0 Å². The molecule has 4 saturated carbocycles. The molecule has 4 aliphatic rings. The molecule has 0 unspecified atom stereocenters. The fourth-order valence-corrected chi connectivity index (χ4v) is 9.74. The molecule has 0 aliphatic heterocycles. The van der Waals surface area contributed by atoms with Gasteiger partial charge >= 0.3 is 18.6 Å². The maximum absolute atomic E-state index is 5.36. The van der Waals surface area contributed by atoms with Crippen molar-refractivity contribution in [2.45, 2.75) is 166 Å². The van der Waals surface area contributed by atoms with Crippen LogP contribution in [0.15, 0.2) is 52.4 Å². The summed E-state index contributed by atoms with van der Waals surface area (Å²) in [7, 11) is 0. The van der Waals surface area contributed by atoms with Crippen LogP contribution in [-0.4, -0.2) is 17.4 Å². The third-order valence-electron chi connectivity index (χ3n) is 12.3. The van der Waals surface area contributed by atoms with Crippen molar-refractivity contribution >= 4 is 23.8 Å². The van der Waals surface area contributed by atoms with Gasteiger partial charge in [-0.3, -0.25) is 9.98 Å². The zero-order valence-corrected chi connectivity index (χ0v) is 34.1. The van der Waals surface area contributed by atoms with Crippen molar-refractivity contribution in [3.8, 4) is 0 Å². The molecule has 1 radical (unpaired) electrons. The fraction of sp³-hybridized carbons (Fsp3) is 0.578. The molecule has 6 heteroatoms. The average molecular weight is 764 g/mol. The minimum atomic E-state index is 0. The molecule has 3 nitrogen and oxygen atoms in total. The standard InChI is InChI=1S/C45H59N3.2ClH.V/c1-32-26-40(34-16-7-3-8-17-34)44(41(27-32)35-18-9-4-10-19-35)46-30-38-24-15-25-39(48-38)31-47-45-42(36-20-11-5-12-21-36)28-33(2)29-43(45)37-22-13-6-14-23-37;;;/h15,24-31,34-37H,3-14,16-23H2,1-2H3;2*1H;/q;;;+2/p-2. The summed E-state index contributed by atoms with van der Waals surface area (Å²) in [5.41, 5.74) is 13.2. The number of rotatable bonds is 8. The Kier molecular flexibility index (Phi) is 16.8. The number of aryl methyl sites for hydroxylation is 2. The second-order valence-corrected chi connectivity index (χ2v) is 15.9. The Hall–Kier alpha value is -1.91. The molecule has 1 aromatic heterocycles. The van der Waals surface area contributed by atoms with Gasteiger partial charge in [-0.1, -0.05) is 119 Å². The minimum Gasteiger partial charge on any atom is -1.00 e. The first-order valence-electron chi connectivity index (χ1n) is 20.0. The SMILES string of the molecule is Cc1cc(C2CCCCC2)c(N=Cc2cccc(C=Nc3c(C4CCCCC4)cc(C)cc3C3CCCCC3)n2)c(C2CCCCC2)c1.[Cl-].[Cl-].[V+2]. The van der Waals surface area contributed by atoms with Gasteiger partial charge < -0.3 is 24.8 Å². The Morgan fingerprint density at radius 3 is 1.02 bits per heavy atom. The van der Waals surface area contributed by atoms with Crippen molar-refractivity contribution in [1.29, 1.82) is 0 Å². The predicted octanol–water partition coefficient (Wildman–Crippen LogP) is 7.40. The summed E-state index contributed by atoms with van der Waals surface area (Å²) < 4.78 is 0. The van der Waals surface area contributed by atoms with Gasteiger partial charge in [0.05, 0.1) is 35.2 Å². The van der Waals surface area contributed by atoms with E-state index in [9.17, 15) is 0 Å². The van der Waals surface area contributed by atoms with Crippen LogP contribution in [0.3, 0.4) is 0 Å². The van der Waals surface area contributed by atoms with Gasteiger partial charge in [0.25, 0.3) is 0 Å². The second-order valence-electron chi connectivity index (χ2n) is 15.9. The van der Waals surface area contributed by atoms with Crippen LogP contribution in [0.1, 0.15) is 197 Å². The smallest absolute Gasteiger partial charge is 1.00 e. The molecular formula is C45H59Cl2N3V. The van der Waals surface area contributed by atoms with Crippen LogP contribution in [0.25, 0.3) is 0 Å². The Morgan fingerprint density at radius 1 is 0.471 bits per heavy atom. The number of halogens is 2. The fourth-order valence-electron chi connectivity index (χ4n) is 9.74. The summed E-state index contributed by atoms with van der Waals surface area (Å²) in [5, 5.41) is 0. The molecule has 4 fully saturated rings. The summed E-state index contributed by atoms with van der Waals surface area (Å²) in [5.74, 6) is 2.52. The maximum atomic E-state index is 5.36. The van der Waals surface area contributed by atoms with Gasteiger partial charge in [-0.05, 0) is 123 Å². The third kappa shape index (κ3) is 10.6. The minimum absolute atomic E-state index is 0. The first-order chi connectivity index (χ1) is 23.6. The second kappa shape index (κ2) is 20.5. The molecule has 4 aliphatic carbocycles. The van der Waals surface area contributed by atoms with Crippen molar-refractivity contribution in [1.82, 2.24) is 4.98 Å². The van der Waals surface area contributed by atoms with E-state index in [1.165, 1.54) is 173 Å². The van der Waals surface area contributed by atoms with Crippen molar-refractivity contribution in [3.63, 3.8) is 0 Å². The Bertz CT molecular complexity index is 1400. The molecule has 0 amide bonds. The van der Waals surface area contributed by atoms with Crippen LogP contribution in [0.2, 0.25) is 0 Å². The van der Waals surface area contributed by atoms with Crippen LogP contribution in [0.5, 0.6) is 0 Å². The van der Waals surface area contributed by atoms with Crippen LogP contribution in [0, 0.1) is 13.8 Å². The zero-order valence-electron chi connectivity index (χ0n) is 31.2. The molecule has 2 aromatic carbocycles. The van der Waals surface area contributed by atoms with Crippen LogP contribution < -0.4 is 24.8 Å². The number of aliphatic imine (C=N–C) groups is 2. The van der Waals surface area contributed by atoms with Crippen molar-refractivity contribution in [2.75, 3.05) is 0 Å². The molecule has 0 N–H and O–H groups in total. The van der Waals surface area contributed by atoms with Gasteiger partial charge in [-0.15, -0.1) is 0 Å². The van der Waals surface area contributed by atoms with Gasteiger partial charge in [0.2, 0.25) is 0 Å². The summed E-state index contributed by atoms with van der Waals surface area (Å²) in [6, 6.07) is 16.2. The van der Waals surface area contributed by atoms with Gasteiger partial charge in [-0.25, -0.2) is 4.98 Å². The number of benzene rings is 2. The molecular weight excluding hydrogens is 704 g/mol. The topological polar surface area (TPSA) is 37.6 Å². The van der Waals surface area contributed by atoms with E-state index in [2.05, 4.69) is 56.3 Å². The van der Waals surface area contributed by atoms with Crippen molar-refractivity contribution < 1.29 is 43.4 Å². The quantitative estimate of drug-likeness (QED) is 0.221. The summed E-state index contributed by atoms with van der Waals surface area (Å²) in [4.78, 5) is 15.8. The molecule has 0 bridgehead atoms. The Labute approximate surface area is 333 Å². The molecule has 0 saturated heterocycles. The number of nitrogens with zero attached hydrogens (tertiary/aromatic N) is 3. The number of hydrogen-bond donors (Lipinski definition) is 0. The summed E-state index contributed by atoms with van der Waals surface area (Å²) in [6.45, 7) is 4.59. The monoisotopic (exact) mass is 762 g/mol. The van der Waals surface area contributed by atoms with E-state index in [1.54, 1.807) is 0 Å². The molecule has 1 heterocycles. The van der Waals surface area contributed by atoms with E-state index in [-0.39, 0.29) is 43.4 Å². The normalized spacial score (nSPS) is 19.8. The summed E-state index contributed by atoms with van der Waals surface area (Å²) in [6.07, 6.45) is 30.7. The number of hydrogen-bond acceptors (Lipinski definition) is 3. The first kappa shape index (κ1) is 41.8. The first-order valence-corrected chi connectivity index (χ1v) is 20.0. The molecule has 3 aromatic rings. The molecule has 51 heavy (non-hydrogen) atoms. The van der Waals surface area contributed by atoms with E-state index < -0.39 is 0 Å². The largest absolute Gasteiger partial charge is 2.00 e. The van der Waals surface area contributed by atoms with Gasteiger partial charge in [0.1, 0.15) is 0 Å². The van der Waals surface area contributed by atoms with E-state index in [0.29, 0.717) is 23.7 Å². The number of aromatic nitrogens is 1. The Morgan fingerprint density at radius 2 is 0.745 bits per heavy atom. The molecule has 0 spiro atoms. The molecule has 7 rings (SSSR count). The average Bonchev–Trinajstić information content (AvgIpc) is 3.15. The van der Waals surface area contributed by atoms with Gasteiger partial charge in [-0.2, -0.15) is 0 Å². The van der Waals surface area contributed by atoms with Crippen LogP contribution in [-0.2, 0) is 18.6 Å². The van der Waals surface area contributed by atoms with E-state index in [0.717, 1.165) is 11.4 Å². The van der Waals surface area contributed by atoms with Crippen molar-refractivity contribution in [3.05, 3.63) is 87.2 Å². The summed E-state index contributed by atoms with van der Waals surface area (Å²) >= 11 is 0. The van der Waals surface area contributed by atoms with Crippen LogP contribution in [0.4, 0.5) is 11.4 Å². The molecule has 0 atom stereocenters. The zero-order chi connectivity index (χ0) is 32.7. The van der Waals surface area contributed by atoms with Gasteiger partial charge in [0, 0.05) is 0 Å². The number of pyridine rings is 1. The maximum Gasteiger partial charge on any atom is 2.00 e. The predicted molar refractivity (Wildman–Crippen MR) is 204 cm³/mol. The van der Waals surface area contributed by atoms with E-state index in [1.807, 2.05) is 12.4 Å². The van der Waals surface area contributed by atoms with E-state index in [4.69, 9.17) is 15.0 Å².